The molecule has 5 rings (SSSR count). The lowest BCUT2D eigenvalue weighted by Crippen LogP contribution is -2.49. The number of halogens is 2. The lowest BCUT2D eigenvalue weighted by molar-refractivity contribution is 0.0871. The number of anilines is 4. The number of aliphatic hydroxyl groups excluding tert-OH is 1. The molecule has 13 heteroatoms. The van der Waals surface area contributed by atoms with Crippen LogP contribution in [0, 0.1) is 10.8 Å². The molecule has 0 bridgehead atoms. The van der Waals surface area contributed by atoms with Gasteiger partial charge in [-0.15, -0.1) is 5.10 Å². The summed E-state index contributed by atoms with van der Waals surface area (Å²) in [7, 11) is 0. The summed E-state index contributed by atoms with van der Waals surface area (Å²) in [6.07, 6.45) is 5.17. The van der Waals surface area contributed by atoms with Gasteiger partial charge in [-0.2, -0.15) is 4.98 Å². The first kappa shape index (κ1) is 24.3. The van der Waals surface area contributed by atoms with Crippen LogP contribution in [0.15, 0.2) is 18.3 Å². The molecule has 2 aliphatic rings. The van der Waals surface area contributed by atoms with Crippen molar-refractivity contribution in [3.8, 4) is 0 Å². The number of hydrogen-bond donors (Lipinski definition) is 5. The number of piperazine rings is 1. The van der Waals surface area contributed by atoms with Gasteiger partial charge in [0.1, 0.15) is 12.4 Å². The maximum absolute atomic E-state index is 12.7. The number of imidazole rings is 1. The SMILES string of the molecule is N=Cc1cc(Nc2nc(NC3CC3)c3ncc(C=N)n3n2)c(Cl)c(N2CCN(CC(O)CF)CC2)c1. The first-order chi connectivity index (χ1) is 17.5. The molecule has 11 nitrogen and oxygen atoms in total. The molecule has 1 atom stereocenters. The summed E-state index contributed by atoms with van der Waals surface area (Å²) in [5.41, 5.74) is 3.04. The third-order valence-electron chi connectivity index (χ3n) is 6.30. The normalized spacial score (nSPS) is 17.2. The van der Waals surface area contributed by atoms with Crippen molar-refractivity contribution in [2.45, 2.75) is 25.0 Å². The number of fused-ring (bicyclic) bond motifs is 1. The number of hydrogen-bond acceptors (Lipinski definition) is 10. The summed E-state index contributed by atoms with van der Waals surface area (Å²) < 4.78 is 14.2. The molecule has 2 fully saturated rings. The molecule has 0 spiro atoms. The topological polar surface area (TPSA) is 142 Å². The van der Waals surface area contributed by atoms with Crippen molar-refractivity contribution in [3.63, 3.8) is 0 Å². The molecule has 1 saturated heterocycles. The Kier molecular flexibility index (Phi) is 6.99. The second-order valence-corrected chi connectivity index (χ2v) is 9.41. The van der Waals surface area contributed by atoms with Gasteiger partial charge in [0.2, 0.25) is 5.95 Å². The van der Waals surface area contributed by atoms with Gasteiger partial charge >= 0.3 is 0 Å². The van der Waals surface area contributed by atoms with Crippen molar-refractivity contribution >= 4 is 52.8 Å². The van der Waals surface area contributed by atoms with Crippen LogP contribution in [0.4, 0.5) is 27.5 Å². The Labute approximate surface area is 212 Å². The van der Waals surface area contributed by atoms with Crippen LogP contribution >= 0.6 is 11.6 Å². The minimum Gasteiger partial charge on any atom is -0.389 e. The summed E-state index contributed by atoms with van der Waals surface area (Å²) in [4.78, 5) is 13.1. The fourth-order valence-electron chi connectivity index (χ4n) is 4.24. The first-order valence-electron chi connectivity index (χ1n) is 11.8. The number of benzene rings is 1. The first-order valence-corrected chi connectivity index (χ1v) is 12.2. The Hall–Kier alpha value is -3.35. The van der Waals surface area contributed by atoms with E-state index in [9.17, 15) is 9.50 Å². The molecular weight excluding hydrogens is 487 g/mol. The molecule has 1 unspecified atom stereocenters. The van der Waals surface area contributed by atoms with Gasteiger partial charge < -0.3 is 31.5 Å². The van der Waals surface area contributed by atoms with Crippen molar-refractivity contribution in [2.24, 2.45) is 0 Å². The van der Waals surface area contributed by atoms with Gasteiger partial charge in [0.05, 0.1) is 28.7 Å². The van der Waals surface area contributed by atoms with Crippen LogP contribution in [0.3, 0.4) is 0 Å². The highest BCUT2D eigenvalue weighted by Gasteiger charge is 2.25. The minimum absolute atomic E-state index is 0.284. The smallest absolute Gasteiger partial charge is 0.247 e. The summed E-state index contributed by atoms with van der Waals surface area (Å²) in [5, 5.41) is 36.7. The third-order valence-corrected chi connectivity index (χ3v) is 6.70. The van der Waals surface area contributed by atoms with Crippen LogP contribution in [0.2, 0.25) is 5.02 Å². The molecule has 2 aromatic heterocycles. The molecule has 1 saturated carbocycles. The van der Waals surface area contributed by atoms with Gasteiger partial charge in [-0.1, -0.05) is 11.6 Å². The van der Waals surface area contributed by atoms with Crippen LogP contribution in [0.1, 0.15) is 24.1 Å². The molecule has 0 amide bonds. The van der Waals surface area contributed by atoms with Crippen molar-refractivity contribution < 1.29 is 9.50 Å². The number of nitrogens with one attached hydrogen (secondary N) is 4. The van der Waals surface area contributed by atoms with E-state index in [2.05, 4.69) is 30.6 Å². The molecular formula is C23H28ClFN10O. The fourth-order valence-corrected chi connectivity index (χ4v) is 4.52. The van der Waals surface area contributed by atoms with Gasteiger partial charge in [-0.25, -0.2) is 13.9 Å². The van der Waals surface area contributed by atoms with Crippen molar-refractivity contribution in [3.05, 3.63) is 34.6 Å². The predicted molar refractivity (Wildman–Crippen MR) is 139 cm³/mol. The average molecular weight is 515 g/mol. The third kappa shape index (κ3) is 5.11. The zero-order valence-corrected chi connectivity index (χ0v) is 20.3. The average Bonchev–Trinajstić information content (AvgIpc) is 3.61. The molecule has 190 valence electrons. The van der Waals surface area contributed by atoms with E-state index >= 15 is 0 Å². The van der Waals surface area contributed by atoms with Gasteiger partial charge in [0, 0.05) is 51.2 Å². The van der Waals surface area contributed by atoms with E-state index in [-0.39, 0.29) is 5.95 Å². The van der Waals surface area contributed by atoms with Crippen molar-refractivity contribution in [1.29, 1.82) is 10.8 Å². The van der Waals surface area contributed by atoms with Gasteiger partial charge in [0.15, 0.2) is 11.5 Å². The Balaban J connectivity index is 1.43. The number of alkyl halides is 1. The maximum atomic E-state index is 12.7. The number of aliphatic hydroxyl groups is 1. The van der Waals surface area contributed by atoms with Crippen LogP contribution in [0.25, 0.3) is 5.65 Å². The standard InChI is InChI=1S/C23H28ClFN10O/c24-20-18(7-14(10-26)8-19(20)34-5-3-33(4-6-34)13-17(36)9-25)30-23-31-21(29-15-1-2-15)22-28-12-16(11-27)35(22)32-23/h7-8,10-12,15,17,26-27,36H,1-6,9,13H2,(H2,29,30,31,32). The highest BCUT2D eigenvalue weighted by molar-refractivity contribution is 6.36. The Bertz CT molecular complexity index is 1270. The van der Waals surface area contributed by atoms with Gasteiger partial charge in [0.25, 0.3) is 0 Å². The van der Waals surface area contributed by atoms with Crippen LogP contribution < -0.4 is 15.5 Å². The molecule has 3 aromatic rings. The van der Waals surface area contributed by atoms with E-state index in [0.29, 0.717) is 72.2 Å². The van der Waals surface area contributed by atoms with E-state index in [1.807, 2.05) is 11.0 Å². The monoisotopic (exact) mass is 514 g/mol. The van der Waals surface area contributed by atoms with E-state index in [1.165, 1.54) is 12.4 Å². The van der Waals surface area contributed by atoms with Crippen molar-refractivity contribution in [1.82, 2.24) is 24.5 Å². The Morgan fingerprint density at radius 2 is 1.97 bits per heavy atom. The molecule has 3 heterocycles. The zero-order valence-electron chi connectivity index (χ0n) is 19.6. The highest BCUT2D eigenvalue weighted by Crippen LogP contribution is 2.36. The zero-order chi connectivity index (χ0) is 25.2. The molecule has 1 aliphatic heterocycles. The molecule has 1 aromatic carbocycles. The number of aromatic nitrogens is 4. The Morgan fingerprint density at radius 1 is 1.19 bits per heavy atom. The minimum atomic E-state index is -0.975. The lowest BCUT2D eigenvalue weighted by Gasteiger charge is -2.37. The summed E-state index contributed by atoms with van der Waals surface area (Å²) in [6, 6.07) is 3.97. The Morgan fingerprint density at radius 3 is 2.64 bits per heavy atom. The second kappa shape index (κ2) is 10.3. The van der Waals surface area contributed by atoms with Gasteiger partial charge in [-0.05, 0) is 30.5 Å². The van der Waals surface area contributed by atoms with Crippen LogP contribution in [-0.4, -0.2) is 93.6 Å². The fraction of sp³-hybridized carbons (Fsp3) is 0.435. The highest BCUT2D eigenvalue weighted by atomic mass is 35.5. The molecule has 5 N–H and O–H groups in total. The van der Waals surface area contributed by atoms with E-state index in [0.717, 1.165) is 18.5 Å². The predicted octanol–water partition coefficient (Wildman–Crippen LogP) is 2.54. The van der Waals surface area contributed by atoms with E-state index in [1.54, 1.807) is 16.8 Å². The van der Waals surface area contributed by atoms with Gasteiger partial charge in [-0.3, -0.25) is 4.90 Å². The number of rotatable bonds is 10. The molecule has 36 heavy (non-hydrogen) atoms. The molecule has 0 radical (unpaired) electrons. The quantitative estimate of drug-likeness (QED) is 0.260. The largest absolute Gasteiger partial charge is 0.389 e. The van der Waals surface area contributed by atoms with E-state index < -0.39 is 12.8 Å². The number of nitrogens with zero attached hydrogens (tertiary/aromatic N) is 6. The maximum Gasteiger partial charge on any atom is 0.247 e. The lowest BCUT2D eigenvalue weighted by atomic mass is 10.1. The second-order valence-electron chi connectivity index (χ2n) is 9.03. The summed E-state index contributed by atoms with van der Waals surface area (Å²) in [5.74, 6) is 0.862. The molecule has 1 aliphatic carbocycles. The van der Waals surface area contributed by atoms with Crippen LogP contribution in [-0.2, 0) is 0 Å². The van der Waals surface area contributed by atoms with Crippen LogP contribution in [0.5, 0.6) is 0 Å². The number of β-amino-alcohol motifs (C(OH)–C–C–N with tert-alkyl or cyclic N) is 1. The van der Waals surface area contributed by atoms with Crippen molar-refractivity contribution in [2.75, 3.05) is 54.9 Å². The van der Waals surface area contributed by atoms with E-state index in [4.69, 9.17) is 22.4 Å². The summed E-state index contributed by atoms with van der Waals surface area (Å²) >= 11 is 6.84. The summed E-state index contributed by atoms with van der Waals surface area (Å²) in [6.45, 7) is 2.16.